The van der Waals surface area contributed by atoms with Gasteiger partial charge in [-0.25, -0.2) is 0 Å². The first-order valence-corrected chi connectivity index (χ1v) is 9.83. The lowest BCUT2D eigenvalue weighted by Crippen LogP contribution is -2.54. The quantitative estimate of drug-likeness (QED) is 0.873. The topological polar surface area (TPSA) is 65.6 Å². The van der Waals surface area contributed by atoms with Crippen LogP contribution in [-0.2, 0) is 11.3 Å². The molecule has 2 aliphatic heterocycles. The van der Waals surface area contributed by atoms with E-state index in [-0.39, 0.29) is 10.8 Å². The monoisotopic (exact) mass is 359 g/mol. The molecule has 1 atom stereocenters. The molecule has 1 aliphatic carbocycles. The number of nitrogens with one attached hydrogen (secondary N) is 1. The molecule has 1 aromatic heterocycles. The number of piperidine rings is 2. The lowest BCUT2D eigenvalue weighted by Gasteiger charge is -2.48. The maximum absolute atomic E-state index is 12.3. The van der Waals surface area contributed by atoms with Crippen LogP contribution in [0.1, 0.15) is 44.2 Å². The van der Waals surface area contributed by atoms with Gasteiger partial charge in [-0.1, -0.05) is 0 Å². The number of nitrogens with zero attached hydrogens (tertiary/aromatic N) is 2. The molecule has 142 valence electrons. The summed E-state index contributed by atoms with van der Waals surface area (Å²) in [5.74, 6) is 1.45. The normalized spacial score (nSPS) is 27.1. The van der Waals surface area contributed by atoms with Crippen molar-refractivity contribution in [2.24, 2.45) is 11.3 Å². The molecule has 2 saturated heterocycles. The average molecular weight is 359 g/mol. The molecular formula is C20H29N3O3. The van der Waals surface area contributed by atoms with Gasteiger partial charge in [0.1, 0.15) is 0 Å². The summed E-state index contributed by atoms with van der Waals surface area (Å²) in [6.45, 7) is 4.68. The van der Waals surface area contributed by atoms with Crippen LogP contribution in [0.5, 0.6) is 5.75 Å². The predicted molar refractivity (Wildman–Crippen MR) is 99.1 cm³/mol. The summed E-state index contributed by atoms with van der Waals surface area (Å²) in [5, 5.41) is 0. The van der Waals surface area contributed by atoms with Crippen molar-refractivity contribution in [2.45, 2.75) is 45.1 Å². The summed E-state index contributed by atoms with van der Waals surface area (Å²) in [6, 6.07) is 1.64. The maximum atomic E-state index is 12.3. The number of carbonyl (C=O) groups excluding carboxylic acids is 1. The van der Waals surface area contributed by atoms with Crippen LogP contribution in [-0.4, -0.2) is 54.0 Å². The van der Waals surface area contributed by atoms with Crippen LogP contribution >= 0.6 is 0 Å². The molecule has 4 rings (SSSR count). The van der Waals surface area contributed by atoms with Gasteiger partial charge in [-0.2, -0.15) is 0 Å². The molecule has 1 N–H and O–H groups in total. The van der Waals surface area contributed by atoms with Gasteiger partial charge >= 0.3 is 0 Å². The zero-order chi connectivity index (χ0) is 18.1. The molecule has 1 saturated carbocycles. The summed E-state index contributed by atoms with van der Waals surface area (Å²) in [5.41, 5.74) is 1.08. The minimum Gasteiger partial charge on any atom is -0.491 e. The highest BCUT2D eigenvalue weighted by atomic mass is 16.5. The van der Waals surface area contributed by atoms with Crippen LogP contribution < -0.4 is 10.2 Å². The van der Waals surface area contributed by atoms with Crippen molar-refractivity contribution < 1.29 is 9.53 Å². The third kappa shape index (κ3) is 3.80. The van der Waals surface area contributed by atoms with Crippen molar-refractivity contribution in [3.05, 3.63) is 28.2 Å². The first kappa shape index (κ1) is 17.6. The maximum Gasteiger partial charge on any atom is 0.223 e. The van der Waals surface area contributed by atoms with E-state index in [2.05, 4.69) is 14.8 Å². The van der Waals surface area contributed by atoms with E-state index < -0.39 is 0 Å². The number of H-pyrrole nitrogens is 1. The molecule has 3 fully saturated rings. The van der Waals surface area contributed by atoms with E-state index in [9.17, 15) is 9.59 Å². The number of methoxy groups -OCH3 is 1. The lowest BCUT2D eigenvalue weighted by atomic mass is 9.73. The van der Waals surface area contributed by atoms with Crippen LogP contribution in [0, 0.1) is 11.3 Å². The Bertz CT molecular complexity index is 727. The number of hydrogen-bond donors (Lipinski definition) is 1. The second-order valence-electron chi connectivity index (χ2n) is 8.42. The number of ether oxygens (including phenoxy) is 1. The van der Waals surface area contributed by atoms with Gasteiger partial charge in [-0.15, -0.1) is 0 Å². The minimum absolute atomic E-state index is 0.0770. The molecule has 1 amide bonds. The number of pyridine rings is 1. The Morgan fingerprint density at radius 3 is 2.85 bits per heavy atom. The molecule has 3 aliphatic rings. The molecule has 1 spiro atoms. The Hall–Kier alpha value is -1.82. The zero-order valence-electron chi connectivity index (χ0n) is 15.6. The van der Waals surface area contributed by atoms with Crippen molar-refractivity contribution in [3.8, 4) is 5.75 Å². The first-order valence-electron chi connectivity index (χ1n) is 9.83. The number of aromatic amines is 1. The van der Waals surface area contributed by atoms with E-state index in [0.717, 1.165) is 57.2 Å². The SMILES string of the molecule is COc1c[nH]c(CN2CCCC3(CCC(=O)N(CC4CC4)C3)C2)cc1=O. The van der Waals surface area contributed by atoms with Gasteiger partial charge in [0.2, 0.25) is 11.3 Å². The molecule has 1 unspecified atom stereocenters. The van der Waals surface area contributed by atoms with Gasteiger partial charge in [0.15, 0.2) is 5.75 Å². The largest absolute Gasteiger partial charge is 0.491 e. The molecule has 0 bridgehead atoms. The zero-order valence-corrected chi connectivity index (χ0v) is 15.6. The van der Waals surface area contributed by atoms with Crippen LogP contribution in [0.2, 0.25) is 0 Å². The number of likely N-dealkylation sites (tertiary alicyclic amines) is 2. The van der Waals surface area contributed by atoms with Crippen molar-refractivity contribution in [1.82, 2.24) is 14.8 Å². The summed E-state index contributed by atoms with van der Waals surface area (Å²) in [4.78, 5) is 32.1. The van der Waals surface area contributed by atoms with E-state index in [4.69, 9.17) is 4.74 Å². The Kier molecular flexibility index (Phi) is 4.78. The average Bonchev–Trinajstić information content (AvgIpc) is 3.43. The molecule has 26 heavy (non-hydrogen) atoms. The summed E-state index contributed by atoms with van der Waals surface area (Å²) in [7, 11) is 1.51. The fourth-order valence-corrected chi connectivity index (χ4v) is 4.65. The highest BCUT2D eigenvalue weighted by molar-refractivity contribution is 5.77. The smallest absolute Gasteiger partial charge is 0.223 e. The Balaban J connectivity index is 1.42. The summed E-state index contributed by atoms with van der Waals surface area (Å²) < 4.78 is 5.04. The van der Waals surface area contributed by atoms with E-state index in [1.54, 1.807) is 12.3 Å². The minimum atomic E-state index is -0.0770. The number of carbonyl (C=O) groups is 1. The highest BCUT2D eigenvalue weighted by Gasteiger charge is 2.42. The fourth-order valence-electron chi connectivity index (χ4n) is 4.65. The Morgan fingerprint density at radius 1 is 1.27 bits per heavy atom. The summed E-state index contributed by atoms with van der Waals surface area (Å²) >= 11 is 0. The second kappa shape index (κ2) is 7.06. The van der Waals surface area contributed by atoms with Crippen molar-refractivity contribution >= 4 is 5.91 Å². The predicted octanol–water partition coefficient (Wildman–Crippen LogP) is 2.00. The standard InChI is InChI=1S/C20H29N3O3/c1-26-18-10-21-16(9-17(18)24)12-22-8-2-6-20(13-22)7-5-19(25)23(14-20)11-15-3-4-15/h9-10,15H,2-8,11-14H2,1H3,(H,21,24). The number of amides is 1. The van der Waals surface area contributed by atoms with Crippen LogP contribution in [0.15, 0.2) is 17.1 Å². The van der Waals surface area contributed by atoms with Crippen molar-refractivity contribution in [3.63, 3.8) is 0 Å². The number of hydrogen-bond acceptors (Lipinski definition) is 4. The molecule has 0 radical (unpaired) electrons. The van der Waals surface area contributed by atoms with Gasteiger partial charge < -0.3 is 14.6 Å². The molecule has 6 nitrogen and oxygen atoms in total. The fraction of sp³-hybridized carbons (Fsp3) is 0.700. The molecule has 6 heteroatoms. The third-order valence-electron chi connectivity index (χ3n) is 6.21. The molecule has 0 aromatic carbocycles. The van der Waals surface area contributed by atoms with Crippen LogP contribution in [0.3, 0.4) is 0 Å². The van der Waals surface area contributed by atoms with Gasteiger partial charge in [0, 0.05) is 56.0 Å². The second-order valence-corrected chi connectivity index (χ2v) is 8.42. The first-order chi connectivity index (χ1) is 12.6. The summed E-state index contributed by atoms with van der Waals surface area (Å²) in [6.07, 6.45) is 8.28. The van der Waals surface area contributed by atoms with Crippen LogP contribution in [0.4, 0.5) is 0 Å². The van der Waals surface area contributed by atoms with Gasteiger partial charge in [-0.05, 0) is 44.6 Å². The van der Waals surface area contributed by atoms with E-state index in [1.807, 2.05) is 0 Å². The Morgan fingerprint density at radius 2 is 2.12 bits per heavy atom. The van der Waals surface area contributed by atoms with Gasteiger partial charge in [0.25, 0.3) is 0 Å². The number of rotatable bonds is 5. The molecular weight excluding hydrogens is 330 g/mol. The highest BCUT2D eigenvalue weighted by Crippen LogP contribution is 2.40. The van der Waals surface area contributed by atoms with E-state index in [1.165, 1.54) is 26.4 Å². The lowest BCUT2D eigenvalue weighted by molar-refractivity contribution is -0.139. The van der Waals surface area contributed by atoms with E-state index in [0.29, 0.717) is 18.1 Å². The van der Waals surface area contributed by atoms with Crippen molar-refractivity contribution in [2.75, 3.05) is 33.3 Å². The molecule has 3 heterocycles. The molecule has 1 aromatic rings. The van der Waals surface area contributed by atoms with Gasteiger partial charge in [0.05, 0.1) is 7.11 Å². The van der Waals surface area contributed by atoms with Gasteiger partial charge in [-0.3, -0.25) is 14.5 Å². The third-order valence-corrected chi connectivity index (χ3v) is 6.21. The van der Waals surface area contributed by atoms with E-state index >= 15 is 0 Å². The Labute approximate surface area is 154 Å². The van der Waals surface area contributed by atoms with Crippen molar-refractivity contribution in [1.29, 1.82) is 0 Å². The number of aromatic nitrogens is 1. The van der Waals surface area contributed by atoms with Crippen LogP contribution in [0.25, 0.3) is 0 Å².